The fourth-order valence-corrected chi connectivity index (χ4v) is 2.20. The maximum Gasteiger partial charge on any atom is 0.345 e. The Hall–Kier alpha value is -1.18. The Morgan fingerprint density at radius 3 is 2.69 bits per heavy atom. The molecule has 0 radical (unpaired) electrons. The van der Waals surface area contributed by atoms with Gasteiger partial charge in [0.2, 0.25) is 5.60 Å². The molecule has 86 valence electrons. The first-order chi connectivity index (χ1) is 7.26. The summed E-state index contributed by atoms with van der Waals surface area (Å²) >= 11 is 11.0. The minimum atomic E-state index is -2.25. The number of hydrogen-bond acceptors (Lipinski definition) is 4. The van der Waals surface area contributed by atoms with Crippen molar-refractivity contribution in [3.63, 3.8) is 0 Å². The number of fused-ring (bicyclic) bond motifs is 1. The summed E-state index contributed by atoms with van der Waals surface area (Å²) in [6.45, 7) is 0. The number of halogens is 3. The van der Waals surface area contributed by atoms with Gasteiger partial charge in [0.1, 0.15) is 5.83 Å². The molecule has 6 nitrogen and oxygen atoms in total. The van der Waals surface area contributed by atoms with Crippen LogP contribution in [-0.2, 0) is 9.53 Å². The molecule has 2 rings (SSSR count). The van der Waals surface area contributed by atoms with Gasteiger partial charge >= 0.3 is 11.7 Å². The standard InChI is InChI=1S/C7H2Cl2FNO5/c8-3-2(10)1-6(5(12)13)7(9,16-6)4(3)11(14)15/h1H,(H,12,13). The largest absolute Gasteiger partial charge is 0.479 e. The Balaban J connectivity index is 2.63. The topological polar surface area (TPSA) is 93.0 Å². The molecule has 0 saturated carbocycles. The molecule has 1 heterocycles. The van der Waals surface area contributed by atoms with E-state index < -0.39 is 38.1 Å². The molecular weight excluding hydrogens is 268 g/mol. The van der Waals surface area contributed by atoms with Gasteiger partial charge in [0, 0.05) is 6.08 Å². The van der Waals surface area contributed by atoms with Crippen molar-refractivity contribution in [2.24, 2.45) is 0 Å². The molecule has 1 fully saturated rings. The summed E-state index contributed by atoms with van der Waals surface area (Å²) in [4.78, 5) is 20.4. The number of carboxylic acids is 1. The van der Waals surface area contributed by atoms with Crippen LogP contribution in [0.4, 0.5) is 4.39 Å². The van der Waals surface area contributed by atoms with E-state index in [-0.39, 0.29) is 0 Å². The summed E-state index contributed by atoms with van der Waals surface area (Å²) in [6.07, 6.45) is 0.512. The SMILES string of the molecule is O=C(O)C12C=C(F)C(Cl)=C([N+](=O)[O-])C1(Cl)O2. The summed E-state index contributed by atoms with van der Waals surface area (Å²) in [6, 6.07) is 0. The van der Waals surface area contributed by atoms with Crippen molar-refractivity contribution in [1.82, 2.24) is 0 Å². The van der Waals surface area contributed by atoms with Gasteiger partial charge in [-0.05, 0) is 0 Å². The van der Waals surface area contributed by atoms with E-state index in [0.29, 0.717) is 6.08 Å². The highest BCUT2D eigenvalue weighted by Gasteiger charge is 2.83. The number of carboxylic acid groups (broad SMARTS) is 1. The number of nitro groups is 1. The van der Waals surface area contributed by atoms with Gasteiger partial charge in [0.25, 0.3) is 5.06 Å². The highest BCUT2D eigenvalue weighted by molar-refractivity contribution is 6.36. The van der Waals surface area contributed by atoms with Crippen molar-refractivity contribution in [3.8, 4) is 0 Å². The van der Waals surface area contributed by atoms with Crippen LogP contribution >= 0.6 is 23.2 Å². The first kappa shape index (κ1) is 11.3. The zero-order valence-corrected chi connectivity index (χ0v) is 8.75. The molecule has 9 heteroatoms. The molecule has 0 aromatic heterocycles. The molecule has 0 bridgehead atoms. The Bertz CT molecular complexity index is 489. The summed E-state index contributed by atoms with van der Waals surface area (Å²) in [5.74, 6) is -2.87. The van der Waals surface area contributed by atoms with Crippen LogP contribution in [0.15, 0.2) is 22.6 Å². The van der Waals surface area contributed by atoms with Gasteiger partial charge in [-0.1, -0.05) is 23.2 Å². The van der Waals surface area contributed by atoms with Crippen LogP contribution in [0.25, 0.3) is 0 Å². The van der Waals surface area contributed by atoms with Crippen molar-refractivity contribution in [2.45, 2.75) is 10.7 Å². The molecule has 0 spiro atoms. The first-order valence-corrected chi connectivity index (χ1v) is 4.57. The third-order valence-corrected chi connectivity index (χ3v) is 3.19. The molecule has 0 aromatic rings. The van der Waals surface area contributed by atoms with E-state index in [0.717, 1.165) is 0 Å². The maximum atomic E-state index is 13.2. The molecule has 2 atom stereocenters. The fourth-order valence-electron chi connectivity index (χ4n) is 1.48. The minimum absolute atomic E-state index is 0.512. The fraction of sp³-hybridized carbons (Fsp3) is 0.286. The van der Waals surface area contributed by atoms with Crippen molar-refractivity contribution in [1.29, 1.82) is 0 Å². The summed E-state index contributed by atoms with van der Waals surface area (Å²) in [5, 5.41) is 16.3. The number of hydrogen-bond donors (Lipinski definition) is 1. The van der Waals surface area contributed by atoms with Gasteiger partial charge in [-0.2, -0.15) is 0 Å². The van der Waals surface area contributed by atoms with E-state index in [1.807, 2.05) is 0 Å². The molecule has 0 aromatic carbocycles. The minimum Gasteiger partial charge on any atom is -0.479 e. The lowest BCUT2D eigenvalue weighted by molar-refractivity contribution is -0.432. The lowest BCUT2D eigenvalue weighted by atomic mass is 9.97. The number of epoxide rings is 1. The number of allylic oxidation sites excluding steroid dienone is 2. The summed E-state index contributed by atoms with van der Waals surface area (Å²) < 4.78 is 17.8. The number of aliphatic carboxylic acids is 1. The maximum absolute atomic E-state index is 13.2. The zero-order chi connectivity index (χ0) is 12.3. The molecule has 1 aliphatic heterocycles. The molecule has 2 unspecified atom stereocenters. The van der Waals surface area contributed by atoms with Crippen LogP contribution in [0, 0.1) is 10.1 Å². The van der Waals surface area contributed by atoms with Gasteiger partial charge < -0.3 is 9.84 Å². The van der Waals surface area contributed by atoms with Crippen LogP contribution in [0.3, 0.4) is 0 Å². The van der Waals surface area contributed by atoms with Crippen molar-refractivity contribution < 1.29 is 24.0 Å². The predicted octanol–water partition coefficient (Wildman–Crippen LogP) is 1.37. The third-order valence-electron chi connectivity index (χ3n) is 2.29. The van der Waals surface area contributed by atoms with E-state index in [1.165, 1.54) is 0 Å². The second-order valence-electron chi connectivity index (χ2n) is 3.15. The van der Waals surface area contributed by atoms with Crippen LogP contribution < -0.4 is 0 Å². The van der Waals surface area contributed by atoms with Crippen molar-refractivity contribution in [2.75, 3.05) is 0 Å². The van der Waals surface area contributed by atoms with Gasteiger partial charge in [0.15, 0.2) is 5.03 Å². The van der Waals surface area contributed by atoms with Crippen LogP contribution in [0.1, 0.15) is 0 Å². The molecule has 1 N–H and O–H groups in total. The lowest BCUT2D eigenvalue weighted by Crippen LogP contribution is -2.35. The average molecular weight is 270 g/mol. The zero-order valence-electron chi connectivity index (χ0n) is 7.24. The van der Waals surface area contributed by atoms with Crippen LogP contribution in [0.5, 0.6) is 0 Å². The number of alkyl halides is 1. The Kier molecular flexibility index (Phi) is 2.07. The number of carbonyl (C=O) groups is 1. The number of nitrogens with zero attached hydrogens (tertiary/aromatic N) is 1. The average Bonchev–Trinajstić information content (AvgIpc) is 2.72. The first-order valence-electron chi connectivity index (χ1n) is 3.82. The molecule has 2 aliphatic rings. The Morgan fingerprint density at radius 2 is 2.25 bits per heavy atom. The molecule has 16 heavy (non-hydrogen) atoms. The lowest BCUT2D eigenvalue weighted by Gasteiger charge is -2.11. The highest BCUT2D eigenvalue weighted by Crippen LogP contribution is 2.61. The Labute approximate surface area is 97.0 Å². The van der Waals surface area contributed by atoms with E-state index in [1.54, 1.807) is 0 Å². The predicted molar refractivity (Wildman–Crippen MR) is 49.1 cm³/mol. The quantitative estimate of drug-likeness (QED) is 0.354. The van der Waals surface area contributed by atoms with Gasteiger partial charge in [-0.15, -0.1) is 0 Å². The molecule has 1 saturated heterocycles. The van der Waals surface area contributed by atoms with E-state index in [2.05, 4.69) is 4.74 Å². The second kappa shape index (κ2) is 2.93. The monoisotopic (exact) mass is 269 g/mol. The normalized spacial score (nSPS) is 36.6. The van der Waals surface area contributed by atoms with Crippen LogP contribution in [-0.4, -0.2) is 26.7 Å². The second-order valence-corrected chi connectivity index (χ2v) is 4.06. The molecular formula is C7H2Cl2FNO5. The van der Waals surface area contributed by atoms with Crippen molar-refractivity contribution >= 4 is 29.2 Å². The smallest absolute Gasteiger partial charge is 0.345 e. The molecule has 1 aliphatic carbocycles. The van der Waals surface area contributed by atoms with E-state index in [9.17, 15) is 19.3 Å². The summed E-state index contributed by atoms with van der Waals surface area (Å²) in [5.41, 5.74) is -3.25. The number of rotatable bonds is 2. The third kappa shape index (κ3) is 1.07. The van der Waals surface area contributed by atoms with Gasteiger partial charge in [-0.3, -0.25) is 10.1 Å². The van der Waals surface area contributed by atoms with Crippen LogP contribution in [0.2, 0.25) is 0 Å². The van der Waals surface area contributed by atoms with Gasteiger partial charge in [-0.25, -0.2) is 9.18 Å². The van der Waals surface area contributed by atoms with E-state index >= 15 is 0 Å². The number of ether oxygens (including phenoxy) is 1. The van der Waals surface area contributed by atoms with Gasteiger partial charge in [0.05, 0.1) is 4.92 Å². The Morgan fingerprint density at radius 1 is 1.69 bits per heavy atom. The summed E-state index contributed by atoms with van der Waals surface area (Å²) in [7, 11) is 0. The van der Waals surface area contributed by atoms with Crippen molar-refractivity contribution in [3.05, 3.63) is 32.7 Å². The highest BCUT2D eigenvalue weighted by atomic mass is 35.5. The van der Waals surface area contributed by atoms with E-state index in [4.69, 9.17) is 28.3 Å². The molecule has 0 amide bonds.